The van der Waals surface area contributed by atoms with Gasteiger partial charge in [-0.3, -0.25) is 9.59 Å². The van der Waals surface area contributed by atoms with Crippen molar-refractivity contribution in [1.82, 2.24) is 4.90 Å². The lowest BCUT2D eigenvalue weighted by Crippen LogP contribution is -2.37. The topological polar surface area (TPSA) is 104 Å². The monoisotopic (exact) mass is 252 g/mol. The zero-order valence-corrected chi connectivity index (χ0v) is 9.87. The molecule has 0 heterocycles. The van der Waals surface area contributed by atoms with E-state index >= 15 is 0 Å². The summed E-state index contributed by atoms with van der Waals surface area (Å²) in [5, 5.41) is 17.7. The Bertz CT molecular complexity index is 428. The molecule has 2 amide bonds. The summed E-state index contributed by atoms with van der Waals surface area (Å²) in [6, 6.07) is 6.19. The minimum absolute atomic E-state index is 0.0898. The van der Waals surface area contributed by atoms with Crippen molar-refractivity contribution in [3.8, 4) is 0 Å². The number of benzene rings is 1. The van der Waals surface area contributed by atoms with E-state index in [1.54, 1.807) is 12.1 Å². The van der Waals surface area contributed by atoms with Crippen LogP contribution in [0.3, 0.4) is 0 Å². The van der Waals surface area contributed by atoms with Crippen LogP contribution in [0.4, 0.5) is 0 Å². The number of nitrogens with zero attached hydrogens (tertiary/aromatic N) is 1. The van der Waals surface area contributed by atoms with Gasteiger partial charge in [-0.25, -0.2) is 0 Å². The van der Waals surface area contributed by atoms with E-state index in [1.165, 1.54) is 17.0 Å². The Kier molecular flexibility index (Phi) is 5.29. The number of aliphatic hydroxyl groups is 2. The molecule has 0 atom stereocenters. The zero-order chi connectivity index (χ0) is 13.5. The fourth-order valence-corrected chi connectivity index (χ4v) is 1.61. The van der Waals surface area contributed by atoms with Gasteiger partial charge >= 0.3 is 0 Å². The number of rotatable bonds is 6. The van der Waals surface area contributed by atoms with Crippen LogP contribution in [0.5, 0.6) is 0 Å². The summed E-state index contributed by atoms with van der Waals surface area (Å²) in [6.07, 6.45) is 0. The second-order valence-electron chi connectivity index (χ2n) is 3.65. The molecule has 0 radical (unpaired) electrons. The van der Waals surface area contributed by atoms with Gasteiger partial charge in [0.2, 0.25) is 5.91 Å². The lowest BCUT2D eigenvalue weighted by Gasteiger charge is -2.21. The lowest BCUT2D eigenvalue weighted by atomic mass is 10.1. The second kappa shape index (κ2) is 6.73. The van der Waals surface area contributed by atoms with Crippen LogP contribution in [0.15, 0.2) is 24.3 Å². The zero-order valence-electron chi connectivity index (χ0n) is 9.87. The number of carbonyl (C=O) groups is 2. The van der Waals surface area contributed by atoms with Gasteiger partial charge in [0.25, 0.3) is 5.91 Å². The van der Waals surface area contributed by atoms with Gasteiger partial charge in [-0.05, 0) is 12.1 Å². The number of aliphatic hydroxyl groups excluding tert-OH is 2. The number of hydrogen-bond acceptors (Lipinski definition) is 4. The highest BCUT2D eigenvalue weighted by Gasteiger charge is 2.19. The number of carbonyl (C=O) groups excluding carboxylic acids is 2. The molecule has 0 aromatic heterocycles. The van der Waals surface area contributed by atoms with Crippen molar-refractivity contribution in [3.63, 3.8) is 0 Å². The third-order valence-electron chi connectivity index (χ3n) is 2.45. The van der Waals surface area contributed by atoms with Crippen molar-refractivity contribution < 1.29 is 19.8 Å². The van der Waals surface area contributed by atoms with Gasteiger partial charge in [0, 0.05) is 13.1 Å². The highest BCUT2D eigenvalue weighted by Crippen LogP contribution is 2.11. The van der Waals surface area contributed by atoms with E-state index in [0.29, 0.717) is 0 Å². The number of hydrogen-bond donors (Lipinski definition) is 3. The van der Waals surface area contributed by atoms with Crippen LogP contribution in [0.25, 0.3) is 0 Å². The molecule has 0 fully saturated rings. The molecule has 18 heavy (non-hydrogen) atoms. The molecule has 1 rings (SSSR count). The van der Waals surface area contributed by atoms with Gasteiger partial charge in [-0.2, -0.15) is 0 Å². The maximum absolute atomic E-state index is 12.1. The van der Waals surface area contributed by atoms with E-state index in [9.17, 15) is 9.59 Å². The van der Waals surface area contributed by atoms with Gasteiger partial charge in [0.15, 0.2) is 0 Å². The molecule has 0 bridgehead atoms. The molecule has 0 aliphatic rings. The van der Waals surface area contributed by atoms with Crippen molar-refractivity contribution in [3.05, 3.63) is 35.4 Å². The number of primary amides is 1. The van der Waals surface area contributed by atoms with Crippen LogP contribution >= 0.6 is 0 Å². The van der Waals surface area contributed by atoms with Crippen molar-refractivity contribution in [2.24, 2.45) is 5.73 Å². The van der Waals surface area contributed by atoms with Crippen LogP contribution in [-0.4, -0.2) is 53.2 Å². The first-order valence-corrected chi connectivity index (χ1v) is 5.51. The second-order valence-corrected chi connectivity index (χ2v) is 3.65. The van der Waals surface area contributed by atoms with Crippen LogP contribution in [0.1, 0.15) is 20.7 Å². The fourth-order valence-electron chi connectivity index (χ4n) is 1.61. The van der Waals surface area contributed by atoms with Crippen LogP contribution in [0, 0.1) is 0 Å². The van der Waals surface area contributed by atoms with E-state index < -0.39 is 11.8 Å². The fraction of sp³-hybridized carbons (Fsp3) is 0.333. The molecule has 1 aromatic rings. The SMILES string of the molecule is NC(=O)c1ccccc1C(=O)N(CCO)CCO. The molecule has 0 saturated heterocycles. The molecule has 0 spiro atoms. The molecule has 0 saturated carbocycles. The van der Waals surface area contributed by atoms with Crippen LogP contribution < -0.4 is 5.73 Å². The summed E-state index contributed by atoms with van der Waals surface area (Å²) in [5.41, 5.74) is 5.49. The third kappa shape index (κ3) is 3.28. The van der Waals surface area contributed by atoms with E-state index in [0.717, 1.165) is 0 Å². The van der Waals surface area contributed by atoms with Gasteiger partial charge in [0.1, 0.15) is 0 Å². The smallest absolute Gasteiger partial charge is 0.254 e. The van der Waals surface area contributed by atoms with Gasteiger partial charge in [-0.1, -0.05) is 12.1 Å². The Balaban J connectivity index is 3.04. The summed E-state index contributed by atoms with van der Waals surface area (Å²) < 4.78 is 0. The average Bonchev–Trinajstić information content (AvgIpc) is 2.37. The normalized spacial score (nSPS) is 10.1. The van der Waals surface area contributed by atoms with Gasteiger partial charge in [0.05, 0.1) is 24.3 Å². The molecule has 1 aromatic carbocycles. The standard InChI is InChI=1S/C12H16N2O4/c13-11(17)9-3-1-2-4-10(9)12(18)14(5-7-15)6-8-16/h1-4,15-16H,5-8H2,(H2,13,17). The number of amides is 2. The molecular weight excluding hydrogens is 236 g/mol. The first-order valence-electron chi connectivity index (χ1n) is 5.51. The summed E-state index contributed by atoms with van der Waals surface area (Å²) in [4.78, 5) is 24.6. The third-order valence-corrected chi connectivity index (χ3v) is 2.45. The Labute approximate surface area is 105 Å². The molecular formula is C12H16N2O4. The minimum atomic E-state index is -0.688. The van der Waals surface area contributed by atoms with Crippen molar-refractivity contribution in [2.75, 3.05) is 26.3 Å². The maximum atomic E-state index is 12.1. The van der Waals surface area contributed by atoms with E-state index in [2.05, 4.69) is 0 Å². The minimum Gasteiger partial charge on any atom is -0.395 e. The molecule has 6 nitrogen and oxygen atoms in total. The maximum Gasteiger partial charge on any atom is 0.254 e. The molecule has 6 heteroatoms. The summed E-state index contributed by atoms with van der Waals surface area (Å²) >= 11 is 0. The quantitative estimate of drug-likeness (QED) is 0.617. The first kappa shape index (κ1) is 14.1. The summed E-state index contributed by atoms with van der Waals surface area (Å²) in [7, 11) is 0. The Morgan fingerprint density at radius 2 is 1.56 bits per heavy atom. The summed E-state index contributed by atoms with van der Waals surface area (Å²) in [6.45, 7) is -0.256. The Morgan fingerprint density at radius 3 is 2.00 bits per heavy atom. The van der Waals surface area contributed by atoms with E-state index in [1.807, 2.05) is 0 Å². The van der Waals surface area contributed by atoms with E-state index in [-0.39, 0.29) is 37.4 Å². The Morgan fingerprint density at radius 1 is 1.06 bits per heavy atom. The average molecular weight is 252 g/mol. The summed E-state index contributed by atoms with van der Waals surface area (Å²) in [5.74, 6) is -1.13. The largest absolute Gasteiger partial charge is 0.395 e. The van der Waals surface area contributed by atoms with Crippen molar-refractivity contribution in [2.45, 2.75) is 0 Å². The predicted octanol–water partition coefficient (Wildman–Crippen LogP) is -0.788. The molecule has 4 N–H and O–H groups in total. The molecule has 0 unspecified atom stereocenters. The van der Waals surface area contributed by atoms with Crippen LogP contribution in [0.2, 0.25) is 0 Å². The van der Waals surface area contributed by atoms with Gasteiger partial charge in [-0.15, -0.1) is 0 Å². The molecule has 98 valence electrons. The number of nitrogens with two attached hydrogens (primary N) is 1. The highest BCUT2D eigenvalue weighted by molar-refractivity contribution is 6.06. The predicted molar refractivity (Wildman–Crippen MR) is 65.0 cm³/mol. The lowest BCUT2D eigenvalue weighted by molar-refractivity contribution is 0.0681. The highest BCUT2D eigenvalue weighted by atomic mass is 16.3. The van der Waals surface area contributed by atoms with Gasteiger partial charge < -0.3 is 20.8 Å². The first-order chi connectivity index (χ1) is 8.61. The van der Waals surface area contributed by atoms with Crippen molar-refractivity contribution >= 4 is 11.8 Å². The van der Waals surface area contributed by atoms with Crippen molar-refractivity contribution in [1.29, 1.82) is 0 Å². The molecule has 0 aliphatic carbocycles. The molecule has 0 aliphatic heterocycles. The van der Waals surface area contributed by atoms with E-state index in [4.69, 9.17) is 15.9 Å². The Hall–Kier alpha value is -1.92. The van der Waals surface area contributed by atoms with Crippen LogP contribution in [-0.2, 0) is 0 Å².